The highest BCUT2D eigenvalue weighted by atomic mass is 16.4. The third kappa shape index (κ3) is 10.3. The van der Waals surface area contributed by atoms with Gasteiger partial charge in [0.15, 0.2) is 0 Å². The number of nitrogens with one attached hydrogen (secondary N) is 3. The molecule has 0 spiro atoms. The van der Waals surface area contributed by atoms with Crippen molar-refractivity contribution in [3.05, 3.63) is 23.3 Å². The minimum Gasteiger partial charge on any atom is -0.481 e. The summed E-state index contributed by atoms with van der Waals surface area (Å²) in [6, 6.07) is -3.71. The maximum absolute atomic E-state index is 12.1. The molecule has 0 aromatic heterocycles. The maximum atomic E-state index is 12.1. The Bertz CT molecular complexity index is 760. The van der Waals surface area contributed by atoms with Crippen LogP contribution in [0.2, 0.25) is 0 Å². The first kappa shape index (κ1) is 25.7. The standard InChI is InChI=1S/C20H29N3O8/c1-12-5-7-13(8-6-12)17(26)21-11-3-2-4-14(18(27)28)22-20(31)23-15(19(29)30)9-10-16(24)25/h5,7,14-15H,2-4,6,8-11H2,1H3,(H,21,26)(H,24,25)(H,27,28)(H,29,30)(H2,22,23,31). The number of carboxylic acid groups (broad SMARTS) is 3. The largest absolute Gasteiger partial charge is 0.481 e. The zero-order valence-electron chi connectivity index (χ0n) is 17.3. The fourth-order valence-electron chi connectivity index (χ4n) is 2.86. The Morgan fingerprint density at radius 2 is 1.52 bits per heavy atom. The summed E-state index contributed by atoms with van der Waals surface area (Å²) in [6.45, 7) is 2.35. The van der Waals surface area contributed by atoms with Gasteiger partial charge in [0, 0.05) is 18.5 Å². The molecule has 1 aliphatic rings. The smallest absolute Gasteiger partial charge is 0.326 e. The van der Waals surface area contributed by atoms with Gasteiger partial charge in [0.05, 0.1) is 0 Å². The first-order chi connectivity index (χ1) is 14.6. The molecule has 3 amide bonds. The SMILES string of the molecule is CC1=CC=C(C(=O)NCCCCC(NC(=O)NC(CCC(=O)O)C(=O)O)C(=O)O)CC1. The van der Waals surface area contributed by atoms with E-state index >= 15 is 0 Å². The van der Waals surface area contributed by atoms with Crippen molar-refractivity contribution in [1.82, 2.24) is 16.0 Å². The van der Waals surface area contributed by atoms with Crippen molar-refractivity contribution < 1.29 is 39.3 Å². The van der Waals surface area contributed by atoms with E-state index in [1.165, 1.54) is 5.57 Å². The molecule has 0 radical (unpaired) electrons. The third-order valence-corrected chi connectivity index (χ3v) is 4.71. The molecule has 0 bridgehead atoms. The van der Waals surface area contributed by atoms with E-state index in [-0.39, 0.29) is 18.7 Å². The van der Waals surface area contributed by atoms with E-state index in [0.717, 1.165) is 6.42 Å². The average molecular weight is 439 g/mol. The number of amides is 3. The Hall–Kier alpha value is -3.37. The molecule has 6 N–H and O–H groups in total. The van der Waals surface area contributed by atoms with Crippen LogP contribution in [0.1, 0.15) is 51.9 Å². The van der Waals surface area contributed by atoms with Crippen LogP contribution in [-0.2, 0) is 19.2 Å². The second-order valence-electron chi connectivity index (χ2n) is 7.29. The first-order valence-electron chi connectivity index (χ1n) is 9.99. The molecule has 0 saturated carbocycles. The van der Waals surface area contributed by atoms with E-state index < -0.39 is 42.4 Å². The summed E-state index contributed by atoms with van der Waals surface area (Å²) in [6.07, 6.45) is 5.40. The fraction of sp³-hybridized carbons (Fsp3) is 0.550. The molecule has 31 heavy (non-hydrogen) atoms. The first-order valence-corrected chi connectivity index (χ1v) is 9.99. The quantitative estimate of drug-likeness (QED) is 0.230. The van der Waals surface area contributed by atoms with Crippen molar-refractivity contribution >= 4 is 29.8 Å². The summed E-state index contributed by atoms with van der Waals surface area (Å²) in [5.74, 6) is -4.07. The molecule has 1 rings (SSSR count). The lowest BCUT2D eigenvalue weighted by molar-refractivity contribution is -0.140. The van der Waals surface area contributed by atoms with Crippen molar-refractivity contribution in [2.45, 2.75) is 64.0 Å². The van der Waals surface area contributed by atoms with Gasteiger partial charge in [-0.15, -0.1) is 0 Å². The second-order valence-corrected chi connectivity index (χ2v) is 7.29. The number of allylic oxidation sites excluding steroid dienone is 3. The van der Waals surface area contributed by atoms with Crippen LogP contribution in [0.3, 0.4) is 0 Å². The number of unbranched alkanes of at least 4 members (excludes halogenated alkanes) is 1. The number of carbonyl (C=O) groups is 5. The lowest BCUT2D eigenvalue weighted by atomic mass is 9.99. The van der Waals surface area contributed by atoms with Gasteiger partial charge in [0.1, 0.15) is 12.1 Å². The number of hydrogen-bond acceptors (Lipinski definition) is 5. The molecule has 0 aliphatic heterocycles. The van der Waals surface area contributed by atoms with Gasteiger partial charge in [0.25, 0.3) is 0 Å². The van der Waals surface area contributed by atoms with Crippen LogP contribution in [0.15, 0.2) is 23.3 Å². The van der Waals surface area contributed by atoms with Gasteiger partial charge >= 0.3 is 23.9 Å². The molecular formula is C20H29N3O8. The monoisotopic (exact) mass is 439 g/mol. The van der Waals surface area contributed by atoms with Crippen LogP contribution < -0.4 is 16.0 Å². The highest BCUT2D eigenvalue weighted by molar-refractivity contribution is 5.94. The van der Waals surface area contributed by atoms with Crippen molar-refractivity contribution in [2.24, 2.45) is 0 Å². The number of hydrogen-bond donors (Lipinski definition) is 6. The predicted octanol–water partition coefficient (Wildman–Crippen LogP) is 1.01. The van der Waals surface area contributed by atoms with Gasteiger partial charge in [-0.05, 0) is 45.4 Å². The Kier molecular flexibility index (Phi) is 10.8. The molecule has 0 aromatic rings. The predicted molar refractivity (Wildman–Crippen MR) is 109 cm³/mol. The van der Waals surface area contributed by atoms with E-state index in [2.05, 4.69) is 16.0 Å². The minimum absolute atomic E-state index is 0.0795. The summed E-state index contributed by atoms with van der Waals surface area (Å²) in [5.41, 5.74) is 1.91. The lowest BCUT2D eigenvalue weighted by Gasteiger charge is -2.18. The van der Waals surface area contributed by atoms with Gasteiger partial charge in [-0.1, -0.05) is 17.7 Å². The minimum atomic E-state index is -1.45. The average Bonchev–Trinajstić information content (AvgIpc) is 2.69. The fourth-order valence-corrected chi connectivity index (χ4v) is 2.86. The Morgan fingerprint density at radius 1 is 0.903 bits per heavy atom. The zero-order valence-corrected chi connectivity index (χ0v) is 17.3. The maximum Gasteiger partial charge on any atom is 0.326 e. The van der Waals surface area contributed by atoms with Crippen molar-refractivity contribution in [2.75, 3.05) is 6.54 Å². The number of rotatable bonds is 13. The molecule has 172 valence electrons. The van der Waals surface area contributed by atoms with Gasteiger partial charge in [-0.2, -0.15) is 0 Å². The molecule has 1 aliphatic carbocycles. The van der Waals surface area contributed by atoms with E-state index in [9.17, 15) is 29.1 Å². The van der Waals surface area contributed by atoms with Crippen LogP contribution in [0.5, 0.6) is 0 Å². The van der Waals surface area contributed by atoms with Crippen LogP contribution in [-0.4, -0.2) is 63.8 Å². The molecule has 0 aromatic carbocycles. The third-order valence-electron chi connectivity index (χ3n) is 4.71. The van der Waals surface area contributed by atoms with Crippen LogP contribution in [0.4, 0.5) is 4.79 Å². The van der Waals surface area contributed by atoms with Crippen LogP contribution >= 0.6 is 0 Å². The molecule has 2 unspecified atom stereocenters. The number of carboxylic acids is 3. The van der Waals surface area contributed by atoms with Gasteiger partial charge in [0.2, 0.25) is 5.91 Å². The molecule has 11 nitrogen and oxygen atoms in total. The molecule has 0 saturated heterocycles. The number of aliphatic carboxylic acids is 3. The summed E-state index contributed by atoms with van der Waals surface area (Å²) in [5, 5.41) is 33.9. The summed E-state index contributed by atoms with van der Waals surface area (Å²) < 4.78 is 0. The second kappa shape index (κ2) is 13.0. The number of urea groups is 1. The summed E-state index contributed by atoms with van der Waals surface area (Å²) in [4.78, 5) is 57.0. The van der Waals surface area contributed by atoms with Crippen molar-refractivity contribution in [1.29, 1.82) is 0 Å². The summed E-state index contributed by atoms with van der Waals surface area (Å²) in [7, 11) is 0. The molecule has 11 heteroatoms. The van der Waals surface area contributed by atoms with Crippen LogP contribution in [0, 0.1) is 0 Å². The highest BCUT2D eigenvalue weighted by Gasteiger charge is 2.24. The normalized spacial score (nSPS) is 15.0. The molecular weight excluding hydrogens is 410 g/mol. The summed E-state index contributed by atoms with van der Waals surface area (Å²) >= 11 is 0. The Morgan fingerprint density at radius 3 is 2.03 bits per heavy atom. The number of carbonyl (C=O) groups excluding carboxylic acids is 2. The zero-order chi connectivity index (χ0) is 23.4. The van der Waals surface area contributed by atoms with E-state index in [4.69, 9.17) is 10.2 Å². The van der Waals surface area contributed by atoms with E-state index in [0.29, 0.717) is 31.4 Å². The lowest BCUT2D eigenvalue weighted by Crippen LogP contribution is -2.51. The molecule has 0 fully saturated rings. The Balaban J connectivity index is 2.39. The van der Waals surface area contributed by atoms with E-state index in [1.54, 1.807) is 6.08 Å². The topological polar surface area (TPSA) is 182 Å². The van der Waals surface area contributed by atoms with Crippen molar-refractivity contribution in [3.63, 3.8) is 0 Å². The van der Waals surface area contributed by atoms with Crippen LogP contribution in [0.25, 0.3) is 0 Å². The van der Waals surface area contributed by atoms with Gasteiger partial charge in [-0.3, -0.25) is 9.59 Å². The van der Waals surface area contributed by atoms with Crippen molar-refractivity contribution in [3.8, 4) is 0 Å². The molecule has 2 atom stereocenters. The molecule has 0 heterocycles. The van der Waals surface area contributed by atoms with E-state index in [1.807, 2.05) is 13.0 Å². The highest BCUT2D eigenvalue weighted by Crippen LogP contribution is 2.17. The Labute approximate surface area is 179 Å². The van der Waals surface area contributed by atoms with Gasteiger partial charge in [-0.25, -0.2) is 14.4 Å². The van der Waals surface area contributed by atoms with Gasteiger partial charge < -0.3 is 31.3 Å².